The topological polar surface area (TPSA) is 65.0 Å². The molecule has 0 aromatic carbocycles. The molecule has 0 bridgehead atoms. The highest BCUT2D eigenvalue weighted by atomic mass is 16.9. The molecular weight excluding hydrogens is 224 g/mol. The lowest BCUT2D eigenvalue weighted by Crippen LogP contribution is -2.45. The van der Waals surface area contributed by atoms with Gasteiger partial charge >= 0.3 is 0 Å². The Labute approximate surface area is 101 Å². The first kappa shape index (κ1) is 13.0. The number of ketones is 1. The zero-order chi connectivity index (χ0) is 13.1. The average Bonchev–Trinajstić information content (AvgIpc) is 2.44. The molecule has 2 heterocycles. The standard InChI is InChI=1S/C12H20O5/c1-6-9(3)7-12(14)11(5,15-9)16-10(4,17-12)8(2)13/h14H,6-7H2,1-5H3/t9-,10+,11+,12+/m1/s1. The summed E-state index contributed by atoms with van der Waals surface area (Å²) in [6, 6.07) is 0. The van der Waals surface area contributed by atoms with Gasteiger partial charge in [0.2, 0.25) is 17.4 Å². The van der Waals surface area contributed by atoms with Crippen LogP contribution in [0.4, 0.5) is 0 Å². The number of carbonyl (C=O) groups is 1. The van der Waals surface area contributed by atoms with E-state index in [9.17, 15) is 9.90 Å². The number of hydrogen-bond acceptors (Lipinski definition) is 5. The summed E-state index contributed by atoms with van der Waals surface area (Å²) >= 11 is 0. The third kappa shape index (κ3) is 1.64. The van der Waals surface area contributed by atoms with Crippen molar-refractivity contribution in [3.8, 4) is 0 Å². The molecule has 0 amide bonds. The fourth-order valence-electron chi connectivity index (χ4n) is 2.54. The fourth-order valence-corrected chi connectivity index (χ4v) is 2.54. The second-order valence-electron chi connectivity index (χ2n) is 5.52. The molecular formula is C12H20O5. The molecule has 0 aliphatic carbocycles. The third-order valence-electron chi connectivity index (χ3n) is 3.90. The van der Waals surface area contributed by atoms with Gasteiger partial charge in [-0.05, 0) is 27.2 Å². The third-order valence-corrected chi connectivity index (χ3v) is 3.90. The molecule has 0 aromatic rings. The summed E-state index contributed by atoms with van der Waals surface area (Å²) in [5, 5.41) is 10.5. The largest absolute Gasteiger partial charge is 0.361 e. The Bertz CT molecular complexity index is 346. The molecule has 0 aromatic heterocycles. The molecule has 4 atom stereocenters. The minimum atomic E-state index is -1.57. The monoisotopic (exact) mass is 244 g/mol. The molecule has 17 heavy (non-hydrogen) atoms. The highest BCUT2D eigenvalue weighted by Crippen LogP contribution is 2.55. The van der Waals surface area contributed by atoms with Crippen LogP contribution in [0, 0.1) is 0 Å². The lowest BCUT2D eigenvalue weighted by molar-refractivity contribution is -0.275. The predicted molar refractivity (Wildman–Crippen MR) is 59.0 cm³/mol. The van der Waals surface area contributed by atoms with Gasteiger partial charge < -0.3 is 19.3 Å². The van der Waals surface area contributed by atoms with Gasteiger partial charge in [0.15, 0.2) is 5.78 Å². The van der Waals surface area contributed by atoms with Gasteiger partial charge in [0.05, 0.1) is 5.60 Å². The van der Waals surface area contributed by atoms with E-state index in [1.54, 1.807) is 6.92 Å². The van der Waals surface area contributed by atoms with Crippen LogP contribution in [0.25, 0.3) is 0 Å². The van der Waals surface area contributed by atoms with Crippen molar-refractivity contribution in [2.24, 2.45) is 0 Å². The number of carbonyl (C=O) groups excluding carboxylic acids is 1. The number of hydrogen-bond donors (Lipinski definition) is 1. The van der Waals surface area contributed by atoms with Crippen molar-refractivity contribution in [1.82, 2.24) is 0 Å². The Morgan fingerprint density at radius 3 is 2.24 bits per heavy atom. The van der Waals surface area contributed by atoms with E-state index in [4.69, 9.17) is 14.2 Å². The molecule has 2 fully saturated rings. The summed E-state index contributed by atoms with van der Waals surface area (Å²) in [6.07, 6.45) is 1.02. The summed E-state index contributed by atoms with van der Waals surface area (Å²) < 4.78 is 16.9. The summed E-state index contributed by atoms with van der Waals surface area (Å²) in [5.74, 6) is -4.59. The van der Waals surface area contributed by atoms with Gasteiger partial charge in [0.1, 0.15) is 0 Å². The number of fused-ring (bicyclic) bond motifs is 1. The van der Waals surface area contributed by atoms with Crippen LogP contribution in [0.5, 0.6) is 0 Å². The van der Waals surface area contributed by atoms with E-state index in [2.05, 4.69) is 0 Å². The molecule has 5 nitrogen and oxygen atoms in total. The Balaban J connectivity index is 2.33. The summed E-state index contributed by atoms with van der Waals surface area (Å²) in [7, 11) is 0. The number of aliphatic hydroxyl groups is 1. The second-order valence-corrected chi connectivity index (χ2v) is 5.52. The Hall–Kier alpha value is -0.490. The maximum Gasteiger partial charge on any atom is 0.231 e. The minimum Gasteiger partial charge on any atom is -0.361 e. The van der Waals surface area contributed by atoms with Gasteiger partial charge in [-0.15, -0.1) is 0 Å². The van der Waals surface area contributed by atoms with Crippen LogP contribution in [0.2, 0.25) is 0 Å². The zero-order valence-corrected chi connectivity index (χ0v) is 11.0. The van der Waals surface area contributed by atoms with Gasteiger partial charge in [-0.3, -0.25) is 4.79 Å². The second kappa shape index (κ2) is 3.29. The van der Waals surface area contributed by atoms with Crippen LogP contribution >= 0.6 is 0 Å². The van der Waals surface area contributed by atoms with E-state index in [1.165, 1.54) is 13.8 Å². The average molecular weight is 244 g/mol. The van der Waals surface area contributed by atoms with Gasteiger partial charge in [-0.2, -0.15) is 0 Å². The summed E-state index contributed by atoms with van der Waals surface area (Å²) in [4.78, 5) is 11.5. The van der Waals surface area contributed by atoms with E-state index >= 15 is 0 Å². The van der Waals surface area contributed by atoms with Gasteiger partial charge in [-0.25, -0.2) is 0 Å². The zero-order valence-electron chi connectivity index (χ0n) is 11.0. The Morgan fingerprint density at radius 2 is 1.82 bits per heavy atom. The maximum absolute atomic E-state index is 11.5. The summed E-state index contributed by atoms with van der Waals surface area (Å²) in [5.41, 5.74) is -0.498. The van der Waals surface area contributed by atoms with E-state index in [1.807, 2.05) is 13.8 Å². The van der Waals surface area contributed by atoms with Crippen molar-refractivity contribution in [2.45, 2.75) is 70.4 Å². The quantitative estimate of drug-likeness (QED) is 0.794. The summed E-state index contributed by atoms with van der Waals surface area (Å²) in [6.45, 7) is 8.35. The van der Waals surface area contributed by atoms with Crippen molar-refractivity contribution < 1.29 is 24.1 Å². The first-order valence-electron chi connectivity index (χ1n) is 5.92. The highest BCUT2D eigenvalue weighted by Gasteiger charge is 2.72. The van der Waals surface area contributed by atoms with Gasteiger partial charge in [-0.1, -0.05) is 6.92 Å². The van der Waals surface area contributed by atoms with E-state index in [-0.39, 0.29) is 12.2 Å². The number of ether oxygens (including phenoxy) is 3. The van der Waals surface area contributed by atoms with Crippen LogP contribution in [0.3, 0.4) is 0 Å². The van der Waals surface area contributed by atoms with Gasteiger partial charge in [0, 0.05) is 13.3 Å². The molecule has 2 aliphatic rings. The SMILES string of the molecule is CC[C@]1(C)C[C@]2(O)O[C@@](C)(C(C)=O)O[C@]2(C)O1. The first-order valence-corrected chi connectivity index (χ1v) is 5.92. The number of rotatable bonds is 2. The highest BCUT2D eigenvalue weighted by molar-refractivity contribution is 5.83. The molecule has 2 rings (SSSR count). The van der Waals surface area contributed by atoms with Crippen molar-refractivity contribution in [1.29, 1.82) is 0 Å². The molecule has 1 N–H and O–H groups in total. The molecule has 2 saturated heterocycles. The Morgan fingerprint density at radius 1 is 1.24 bits per heavy atom. The molecule has 0 saturated carbocycles. The van der Waals surface area contributed by atoms with E-state index in [0.29, 0.717) is 0 Å². The number of Topliss-reactive ketones (excluding diaryl/α,β-unsaturated/α-hetero) is 1. The van der Waals surface area contributed by atoms with Crippen molar-refractivity contribution in [2.75, 3.05) is 0 Å². The van der Waals surface area contributed by atoms with Crippen molar-refractivity contribution in [3.63, 3.8) is 0 Å². The lowest BCUT2D eigenvalue weighted by Gasteiger charge is -2.30. The van der Waals surface area contributed by atoms with Crippen molar-refractivity contribution in [3.05, 3.63) is 0 Å². The van der Waals surface area contributed by atoms with Crippen LogP contribution in [0.15, 0.2) is 0 Å². The normalized spacial score (nSPS) is 53.8. The molecule has 0 unspecified atom stereocenters. The van der Waals surface area contributed by atoms with Crippen LogP contribution < -0.4 is 0 Å². The first-order chi connectivity index (χ1) is 7.58. The molecule has 2 aliphatic heterocycles. The van der Waals surface area contributed by atoms with E-state index < -0.39 is 23.0 Å². The van der Waals surface area contributed by atoms with Gasteiger partial charge in [0.25, 0.3) is 0 Å². The lowest BCUT2D eigenvalue weighted by atomic mass is 9.95. The molecule has 5 heteroatoms. The van der Waals surface area contributed by atoms with Crippen LogP contribution in [-0.4, -0.2) is 33.9 Å². The van der Waals surface area contributed by atoms with Crippen molar-refractivity contribution >= 4 is 5.78 Å². The fraction of sp³-hybridized carbons (Fsp3) is 0.917. The minimum absolute atomic E-state index is 0.288. The molecule has 98 valence electrons. The predicted octanol–water partition coefficient (Wildman–Crippen LogP) is 1.33. The molecule has 0 spiro atoms. The smallest absolute Gasteiger partial charge is 0.231 e. The molecule has 0 radical (unpaired) electrons. The van der Waals surface area contributed by atoms with Crippen LogP contribution in [-0.2, 0) is 19.0 Å². The Kier molecular flexibility index (Phi) is 2.51. The van der Waals surface area contributed by atoms with E-state index in [0.717, 1.165) is 6.42 Å². The maximum atomic E-state index is 11.5. The van der Waals surface area contributed by atoms with Crippen LogP contribution in [0.1, 0.15) is 47.5 Å².